The number of ether oxygens (including phenoxy) is 4. The molecule has 0 aliphatic carbocycles. The predicted octanol–water partition coefficient (Wildman–Crippen LogP) is 2.22. The Hall–Kier alpha value is -3.13. The molecule has 1 aliphatic heterocycles. The molecule has 37 heavy (non-hydrogen) atoms. The number of amides is 1. The first-order chi connectivity index (χ1) is 17.3. The number of hydrogen-bond acceptors (Lipinski definition) is 10. The van der Waals surface area contributed by atoms with Crippen LogP contribution in [0.2, 0.25) is 0 Å². The van der Waals surface area contributed by atoms with Crippen molar-refractivity contribution < 1.29 is 42.1 Å². The van der Waals surface area contributed by atoms with E-state index in [9.17, 15) is 19.2 Å². The minimum absolute atomic E-state index is 0.158. The van der Waals surface area contributed by atoms with Gasteiger partial charge in [0.1, 0.15) is 24.6 Å². The fourth-order valence-electron chi connectivity index (χ4n) is 3.17. The van der Waals surface area contributed by atoms with Gasteiger partial charge in [-0.25, -0.2) is 9.59 Å². The average Bonchev–Trinajstić information content (AvgIpc) is 3.06. The SMILES string of the molecule is CCCCOC(=O)Nc1ccn([C@@H]2O[C@H](COC(=O)C(C)C)[C@@H](OC(=O)C(N)C(C)C)C2(F)F)c(=O)n1. The number of hydrogen-bond donors (Lipinski definition) is 2. The summed E-state index contributed by atoms with van der Waals surface area (Å²) in [6.45, 7) is 7.73. The Morgan fingerprint density at radius 1 is 1.22 bits per heavy atom. The summed E-state index contributed by atoms with van der Waals surface area (Å²) >= 11 is 0. The van der Waals surface area contributed by atoms with Crippen molar-refractivity contribution in [3.8, 4) is 0 Å². The minimum atomic E-state index is -3.94. The third-order valence-electron chi connectivity index (χ3n) is 5.49. The number of carbonyl (C=O) groups excluding carboxylic acids is 3. The second kappa shape index (κ2) is 12.9. The lowest BCUT2D eigenvalue weighted by Gasteiger charge is -2.26. The molecule has 0 radical (unpaired) electrons. The number of nitrogens with two attached hydrogens (primary N) is 1. The zero-order valence-electron chi connectivity index (χ0n) is 21.4. The molecule has 0 aromatic carbocycles. The van der Waals surface area contributed by atoms with Crippen molar-refractivity contribution in [3.05, 3.63) is 22.7 Å². The summed E-state index contributed by atoms with van der Waals surface area (Å²) in [4.78, 5) is 52.2. The Morgan fingerprint density at radius 2 is 1.89 bits per heavy atom. The number of nitrogens with one attached hydrogen (secondary N) is 1. The van der Waals surface area contributed by atoms with Crippen LogP contribution in [0, 0.1) is 11.8 Å². The van der Waals surface area contributed by atoms with Gasteiger partial charge < -0.3 is 24.7 Å². The van der Waals surface area contributed by atoms with Gasteiger partial charge in [-0.2, -0.15) is 13.8 Å². The van der Waals surface area contributed by atoms with Gasteiger partial charge in [0.2, 0.25) is 6.23 Å². The maximum absolute atomic E-state index is 15.5. The first-order valence-corrected chi connectivity index (χ1v) is 12.0. The van der Waals surface area contributed by atoms with E-state index in [2.05, 4.69) is 10.3 Å². The van der Waals surface area contributed by atoms with Crippen molar-refractivity contribution in [2.75, 3.05) is 18.5 Å². The monoisotopic (exact) mass is 532 g/mol. The predicted molar refractivity (Wildman–Crippen MR) is 126 cm³/mol. The molecule has 1 aromatic heterocycles. The molecule has 0 saturated carbocycles. The smallest absolute Gasteiger partial charge is 0.412 e. The minimum Gasteiger partial charge on any atom is -0.463 e. The van der Waals surface area contributed by atoms with E-state index in [1.165, 1.54) is 0 Å². The molecule has 1 saturated heterocycles. The maximum Gasteiger partial charge on any atom is 0.412 e. The van der Waals surface area contributed by atoms with E-state index < -0.39 is 72.6 Å². The summed E-state index contributed by atoms with van der Waals surface area (Å²) < 4.78 is 51.9. The lowest BCUT2D eigenvalue weighted by atomic mass is 10.1. The number of anilines is 1. The quantitative estimate of drug-likeness (QED) is 0.246. The van der Waals surface area contributed by atoms with E-state index in [0.29, 0.717) is 11.0 Å². The second-order valence-corrected chi connectivity index (χ2v) is 9.23. The molecule has 12 nitrogen and oxygen atoms in total. The number of alkyl halides is 2. The fourth-order valence-corrected chi connectivity index (χ4v) is 3.17. The van der Waals surface area contributed by atoms with Crippen LogP contribution in [-0.4, -0.2) is 65.0 Å². The Labute approximate surface area is 212 Å². The van der Waals surface area contributed by atoms with Crippen LogP contribution in [0.5, 0.6) is 0 Å². The van der Waals surface area contributed by atoms with E-state index in [1.54, 1.807) is 27.7 Å². The molecule has 1 amide bonds. The Balaban J connectivity index is 2.29. The maximum atomic E-state index is 15.5. The highest BCUT2D eigenvalue weighted by Crippen LogP contribution is 2.44. The molecule has 0 bridgehead atoms. The van der Waals surface area contributed by atoms with Gasteiger partial charge in [-0.05, 0) is 18.4 Å². The van der Waals surface area contributed by atoms with Crippen molar-refractivity contribution in [1.82, 2.24) is 9.55 Å². The number of halogens is 2. The molecule has 3 N–H and O–H groups in total. The van der Waals surface area contributed by atoms with E-state index in [4.69, 9.17) is 24.7 Å². The van der Waals surface area contributed by atoms with Crippen LogP contribution >= 0.6 is 0 Å². The first kappa shape index (κ1) is 30.1. The lowest BCUT2D eigenvalue weighted by Crippen LogP contribution is -2.48. The third kappa shape index (κ3) is 7.68. The number of rotatable bonds is 11. The van der Waals surface area contributed by atoms with Gasteiger partial charge in [0.05, 0.1) is 12.5 Å². The normalized spacial score (nSPS) is 21.5. The van der Waals surface area contributed by atoms with E-state index in [1.807, 2.05) is 6.92 Å². The molecule has 14 heteroatoms. The molecule has 0 spiro atoms. The van der Waals surface area contributed by atoms with Crippen LogP contribution in [-0.2, 0) is 28.5 Å². The molecule has 2 heterocycles. The van der Waals surface area contributed by atoms with Gasteiger partial charge in [-0.1, -0.05) is 41.0 Å². The van der Waals surface area contributed by atoms with Gasteiger partial charge in [0, 0.05) is 6.20 Å². The second-order valence-electron chi connectivity index (χ2n) is 9.23. The third-order valence-corrected chi connectivity index (χ3v) is 5.49. The summed E-state index contributed by atoms with van der Waals surface area (Å²) in [6.07, 6.45) is -4.56. The van der Waals surface area contributed by atoms with E-state index >= 15 is 8.78 Å². The number of esters is 2. The Morgan fingerprint density at radius 3 is 2.46 bits per heavy atom. The van der Waals surface area contributed by atoms with Crippen LogP contribution in [0.1, 0.15) is 53.7 Å². The molecule has 1 aromatic rings. The summed E-state index contributed by atoms with van der Waals surface area (Å²) in [7, 11) is 0. The highest BCUT2D eigenvalue weighted by atomic mass is 19.3. The molecule has 1 unspecified atom stereocenters. The van der Waals surface area contributed by atoms with Crippen LogP contribution in [0.4, 0.5) is 19.4 Å². The summed E-state index contributed by atoms with van der Waals surface area (Å²) in [5.74, 6) is -6.90. The summed E-state index contributed by atoms with van der Waals surface area (Å²) in [5, 5.41) is 2.24. The molecular formula is C23H34F2N4O8. The zero-order valence-corrected chi connectivity index (χ0v) is 21.4. The van der Waals surface area contributed by atoms with Gasteiger partial charge in [-0.3, -0.25) is 19.5 Å². The van der Waals surface area contributed by atoms with Crippen molar-refractivity contribution in [3.63, 3.8) is 0 Å². The van der Waals surface area contributed by atoms with E-state index in [-0.39, 0.29) is 12.4 Å². The van der Waals surface area contributed by atoms with Crippen LogP contribution in [0.15, 0.2) is 17.1 Å². The number of carbonyl (C=O) groups is 3. The van der Waals surface area contributed by atoms with Crippen molar-refractivity contribution >= 4 is 23.8 Å². The van der Waals surface area contributed by atoms with Crippen LogP contribution in [0.25, 0.3) is 0 Å². The van der Waals surface area contributed by atoms with Gasteiger partial charge in [0.15, 0.2) is 6.10 Å². The topological polar surface area (TPSA) is 161 Å². The fraction of sp³-hybridized carbons (Fsp3) is 0.696. The molecule has 1 aliphatic rings. The first-order valence-electron chi connectivity index (χ1n) is 12.0. The Bertz CT molecular complexity index is 1020. The molecule has 4 atom stereocenters. The van der Waals surface area contributed by atoms with Crippen molar-refractivity contribution in [1.29, 1.82) is 0 Å². The van der Waals surface area contributed by atoms with E-state index in [0.717, 1.165) is 18.7 Å². The largest absolute Gasteiger partial charge is 0.463 e. The number of unbranched alkanes of at least 4 members (excludes halogenated alkanes) is 1. The molecule has 1 fully saturated rings. The van der Waals surface area contributed by atoms with Gasteiger partial charge in [-0.15, -0.1) is 0 Å². The number of nitrogens with zero attached hydrogens (tertiary/aromatic N) is 2. The number of aromatic nitrogens is 2. The van der Waals surface area contributed by atoms with Crippen molar-refractivity contribution in [2.45, 2.75) is 77.9 Å². The molecular weight excluding hydrogens is 498 g/mol. The van der Waals surface area contributed by atoms with Gasteiger partial charge in [0.25, 0.3) is 0 Å². The lowest BCUT2D eigenvalue weighted by molar-refractivity contribution is -0.179. The summed E-state index contributed by atoms with van der Waals surface area (Å²) in [5.41, 5.74) is 4.56. The van der Waals surface area contributed by atoms with Crippen molar-refractivity contribution in [2.24, 2.45) is 17.6 Å². The highest BCUT2D eigenvalue weighted by molar-refractivity contribution is 5.83. The van der Waals surface area contributed by atoms with Gasteiger partial charge >= 0.3 is 29.6 Å². The molecule has 2 rings (SSSR count). The summed E-state index contributed by atoms with van der Waals surface area (Å²) in [6, 6.07) is -0.0930. The molecule has 208 valence electrons. The average molecular weight is 533 g/mol. The van der Waals surface area contributed by atoms with Crippen LogP contribution in [0.3, 0.4) is 0 Å². The van der Waals surface area contributed by atoms with Crippen LogP contribution < -0.4 is 16.7 Å². The highest BCUT2D eigenvalue weighted by Gasteiger charge is 2.63. The zero-order chi connectivity index (χ0) is 27.9. The Kier molecular flexibility index (Phi) is 10.5. The standard InChI is InChI=1S/C23H34F2N4O8/c1-6-7-10-34-22(33)28-15-8-9-29(21(32)27-15)20-23(24,25)17(37-19(31)16(26)12(2)3)14(36-20)11-35-18(30)13(4)5/h8-9,12-14,16-17,20H,6-7,10-11,26H2,1-5H3,(H,27,28,32,33)/t14-,16?,17-,20-/m1/s1.